The molecule has 2 rings (SSSR count). The summed E-state index contributed by atoms with van der Waals surface area (Å²) < 4.78 is 5.71. The van der Waals surface area contributed by atoms with Crippen molar-refractivity contribution in [1.29, 1.82) is 0 Å². The van der Waals surface area contributed by atoms with Gasteiger partial charge in [-0.05, 0) is 24.0 Å². The molecule has 0 aliphatic carbocycles. The lowest BCUT2D eigenvalue weighted by molar-refractivity contribution is -0.124. The number of carbonyl (C=O) groups excluding carboxylic acids is 1. The lowest BCUT2D eigenvalue weighted by Crippen LogP contribution is -2.39. The fraction of sp³-hybridized carbons (Fsp3) is 0.462. The summed E-state index contributed by atoms with van der Waals surface area (Å²) in [7, 11) is 0. The Kier molecular flexibility index (Phi) is 2.62. The van der Waals surface area contributed by atoms with Crippen LogP contribution in [0.15, 0.2) is 24.3 Å². The van der Waals surface area contributed by atoms with E-state index in [-0.39, 0.29) is 17.4 Å². The second kappa shape index (κ2) is 3.81. The van der Waals surface area contributed by atoms with Crippen molar-refractivity contribution in [2.24, 2.45) is 5.41 Å². The second-order valence-electron chi connectivity index (χ2n) is 5.36. The summed E-state index contributed by atoms with van der Waals surface area (Å²) in [6.45, 7) is 6.30. The van der Waals surface area contributed by atoms with Crippen LogP contribution < -0.4 is 10.1 Å². The maximum atomic E-state index is 11.8. The Morgan fingerprint density at radius 1 is 1.31 bits per heavy atom. The molecule has 1 amide bonds. The van der Waals surface area contributed by atoms with Crippen LogP contribution in [0.25, 0.3) is 0 Å². The highest BCUT2D eigenvalue weighted by molar-refractivity contribution is 5.97. The number of anilines is 1. The Balaban J connectivity index is 2.18. The third kappa shape index (κ3) is 2.35. The highest BCUT2D eigenvalue weighted by atomic mass is 16.5. The van der Waals surface area contributed by atoms with Gasteiger partial charge in [-0.1, -0.05) is 32.9 Å². The van der Waals surface area contributed by atoms with E-state index in [0.717, 1.165) is 11.4 Å². The molecule has 1 aliphatic heterocycles. The van der Waals surface area contributed by atoms with Gasteiger partial charge in [-0.25, -0.2) is 0 Å². The molecule has 86 valence electrons. The molecule has 1 aromatic carbocycles. The molecule has 1 unspecified atom stereocenters. The van der Waals surface area contributed by atoms with Crippen molar-refractivity contribution in [2.45, 2.75) is 33.3 Å². The molecule has 0 spiro atoms. The maximum Gasteiger partial charge on any atom is 0.265 e. The minimum atomic E-state index is -0.380. The van der Waals surface area contributed by atoms with E-state index < -0.39 is 0 Å². The Morgan fingerprint density at radius 2 is 2.00 bits per heavy atom. The van der Waals surface area contributed by atoms with Gasteiger partial charge in [-0.2, -0.15) is 0 Å². The molecule has 1 aliphatic rings. The lowest BCUT2D eigenvalue weighted by Gasteiger charge is -2.30. The molecule has 0 aromatic heterocycles. The van der Waals surface area contributed by atoms with Gasteiger partial charge in [0.15, 0.2) is 6.10 Å². The zero-order valence-electron chi connectivity index (χ0n) is 9.91. The van der Waals surface area contributed by atoms with E-state index in [1.165, 1.54) is 0 Å². The van der Waals surface area contributed by atoms with Crippen LogP contribution in [0, 0.1) is 5.41 Å². The van der Waals surface area contributed by atoms with Gasteiger partial charge in [0.1, 0.15) is 5.75 Å². The number of ether oxygens (including phenoxy) is 1. The van der Waals surface area contributed by atoms with Gasteiger partial charge < -0.3 is 10.1 Å². The lowest BCUT2D eigenvalue weighted by atomic mass is 9.88. The molecule has 16 heavy (non-hydrogen) atoms. The van der Waals surface area contributed by atoms with Gasteiger partial charge in [-0.15, -0.1) is 0 Å². The Labute approximate surface area is 95.8 Å². The number of benzene rings is 1. The van der Waals surface area contributed by atoms with Crippen LogP contribution >= 0.6 is 0 Å². The molecule has 3 heteroatoms. The van der Waals surface area contributed by atoms with Crippen molar-refractivity contribution in [2.75, 3.05) is 5.32 Å². The molecule has 1 N–H and O–H groups in total. The number of hydrogen-bond acceptors (Lipinski definition) is 2. The highest BCUT2D eigenvalue weighted by Gasteiger charge is 2.30. The molecule has 1 heterocycles. The number of carbonyl (C=O) groups is 1. The first-order valence-corrected chi connectivity index (χ1v) is 5.52. The van der Waals surface area contributed by atoms with Crippen molar-refractivity contribution < 1.29 is 9.53 Å². The second-order valence-corrected chi connectivity index (χ2v) is 5.36. The molecular weight excluding hydrogens is 202 g/mol. The summed E-state index contributed by atoms with van der Waals surface area (Å²) >= 11 is 0. The van der Waals surface area contributed by atoms with E-state index in [4.69, 9.17) is 4.74 Å². The number of rotatable bonds is 1. The van der Waals surface area contributed by atoms with Crippen molar-refractivity contribution >= 4 is 11.6 Å². The first-order valence-electron chi connectivity index (χ1n) is 5.52. The molecule has 1 aromatic rings. The van der Waals surface area contributed by atoms with Crippen LogP contribution in [0.2, 0.25) is 0 Å². The number of fused-ring (bicyclic) bond motifs is 1. The van der Waals surface area contributed by atoms with Crippen molar-refractivity contribution in [3.8, 4) is 5.75 Å². The topological polar surface area (TPSA) is 38.3 Å². The first kappa shape index (κ1) is 11.0. The highest BCUT2D eigenvalue weighted by Crippen LogP contribution is 2.32. The zero-order valence-corrected chi connectivity index (χ0v) is 9.91. The molecule has 0 saturated heterocycles. The number of amides is 1. The van der Waals surface area contributed by atoms with Crippen molar-refractivity contribution in [3.63, 3.8) is 0 Å². The zero-order chi connectivity index (χ0) is 11.8. The fourth-order valence-electron chi connectivity index (χ4n) is 1.78. The Bertz CT molecular complexity index is 407. The SMILES string of the molecule is CC(C)(C)CC1Oc2ccccc2NC1=O. The third-order valence-electron chi connectivity index (χ3n) is 2.50. The minimum absolute atomic E-state index is 0.0476. The van der Waals surface area contributed by atoms with Gasteiger partial charge in [0.2, 0.25) is 0 Å². The standard InChI is InChI=1S/C13H17NO2/c1-13(2,3)8-11-12(15)14-9-6-4-5-7-10(9)16-11/h4-7,11H,8H2,1-3H3,(H,14,15). The number of para-hydroxylation sites is 2. The van der Waals surface area contributed by atoms with E-state index in [2.05, 4.69) is 26.1 Å². The summed E-state index contributed by atoms with van der Waals surface area (Å²) in [5.74, 6) is 0.713. The molecule has 1 atom stereocenters. The third-order valence-corrected chi connectivity index (χ3v) is 2.50. The quantitative estimate of drug-likeness (QED) is 0.788. The largest absolute Gasteiger partial charge is 0.478 e. The summed E-state index contributed by atoms with van der Waals surface area (Å²) in [5, 5.41) is 2.87. The van der Waals surface area contributed by atoms with Crippen LogP contribution in [0.5, 0.6) is 5.75 Å². The smallest absolute Gasteiger partial charge is 0.265 e. The van der Waals surface area contributed by atoms with Crippen LogP contribution in [-0.4, -0.2) is 12.0 Å². The normalized spacial score (nSPS) is 19.7. The predicted octanol–water partition coefficient (Wildman–Crippen LogP) is 2.82. The summed E-state index contributed by atoms with van der Waals surface area (Å²) in [4.78, 5) is 11.8. The van der Waals surface area contributed by atoms with Crippen molar-refractivity contribution in [1.82, 2.24) is 0 Å². The summed E-state index contributed by atoms with van der Waals surface area (Å²) in [6, 6.07) is 7.52. The van der Waals surface area contributed by atoms with Crippen LogP contribution in [0.4, 0.5) is 5.69 Å². The fourth-order valence-corrected chi connectivity index (χ4v) is 1.78. The maximum absolute atomic E-state index is 11.8. The predicted molar refractivity (Wildman–Crippen MR) is 63.6 cm³/mol. The van der Waals surface area contributed by atoms with Gasteiger partial charge >= 0.3 is 0 Å². The van der Waals surface area contributed by atoms with Crippen LogP contribution in [0.3, 0.4) is 0 Å². The van der Waals surface area contributed by atoms with Crippen LogP contribution in [-0.2, 0) is 4.79 Å². The molecular formula is C13H17NO2. The van der Waals surface area contributed by atoms with Gasteiger partial charge in [0, 0.05) is 0 Å². The molecule has 0 bridgehead atoms. The monoisotopic (exact) mass is 219 g/mol. The Hall–Kier alpha value is -1.51. The van der Waals surface area contributed by atoms with E-state index in [1.54, 1.807) is 0 Å². The average molecular weight is 219 g/mol. The van der Waals surface area contributed by atoms with Gasteiger partial charge in [-0.3, -0.25) is 4.79 Å². The van der Waals surface area contributed by atoms with E-state index in [9.17, 15) is 4.79 Å². The molecule has 0 radical (unpaired) electrons. The minimum Gasteiger partial charge on any atom is -0.478 e. The first-order chi connectivity index (χ1) is 7.46. The number of hydrogen-bond donors (Lipinski definition) is 1. The van der Waals surface area contributed by atoms with E-state index in [0.29, 0.717) is 6.42 Å². The summed E-state index contributed by atoms with van der Waals surface area (Å²) in [6.07, 6.45) is 0.336. The average Bonchev–Trinajstić information content (AvgIpc) is 2.17. The summed E-state index contributed by atoms with van der Waals surface area (Å²) in [5.41, 5.74) is 0.839. The van der Waals surface area contributed by atoms with Crippen LogP contribution in [0.1, 0.15) is 27.2 Å². The van der Waals surface area contributed by atoms with Gasteiger partial charge in [0.25, 0.3) is 5.91 Å². The molecule has 3 nitrogen and oxygen atoms in total. The molecule has 0 fully saturated rings. The number of nitrogens with one attached hydrogen (secondary N) is 1. The van der Waals surface area contributed by atoms with E-state index >= 15 is 0 Å². The van der Waals surface area contributed by atoms with Crippen molar-refractivity contribution in [3.05, 3.63) is 24.3 Å². The Morgan fingerprint density at radius 3 is 2.69 bits per heavy atom. The van der Waals surface area contributed by atoms with Gasteiger partial charge in [0.05, 0.1) is 5.69 Å². The van der Waals surface area contributed by atoms with E-state index in [1.807, 2.05) is 24.3 Å². The molecule has 0 saturated carbocycles.